The van der Waals surface area contributed by atoms with E-state index in [1.165, 1.54) is 22.0 Å². The van der Waals surface area contributed by atoms with E-state index in [0.29, 0.717) is 16.9 Å². The maximum absolute atomic E-state index is 8.81. The van der Waals surface area contributed by atoms with Crippen LogP contribution < -0.4 is 10.6 Å². The van der Waals surface area contributed by atoms with E-state index in [-0.39, 0.29) is 11.9 Å². The summed E-state index contributed by atoms with van der Waals surface area (Å²) in [4.78, 5) is 0. The lowest BCUT2D eigenvalue weighted by molar-refractivity contribution is 0.291. The van der Waals surface area contributed by atoms with E-state index in [2.05, 4.69) is 30.1 Å². The molecule has 116 valence electrons. The SMILES string of the molecule is CC(C)c1ccc(OCc2nnc(S[C@@H](C)C#N)n2N)cc1. The highest BCUT2D eigenvalue weighted by atomic mass is 32.2. The lowest BCUT2D eigenvalue weighted by Crippen LogP contribution is -2.16. The Morgan fingerprint density at radius 1 is 1.27 bits per heavy atom. The number of thioether (sulfide) groups is 1. The molecule has 7 heteroatoms. The lowest BCUT2D eigenvalue weighted by atomic mass is 10.0. The zero-order valence-electron chi connectivity index (χ0n) is 12.9. The van der Waals surface area contributed by atoms with Crippen LogP contribution in [0.2, 0.25) is 0 Å². The number of hydrogen-bond acceptors (Lipinski definition) is 6. The molecule has 6 nitrogen and oxygen atoms in total. The third kappa shape index (κ3) is 3.92. The Bertz CT molecular complexity index is 660. The average molecular weight is 317 g/mol. The first kappa shape index (κ1) is 16.2. The van der Waals surface area contributed by atoms with Gasteiger partial charge in [-0.1, -0.05) is 37.7 Å². The van der Waals surface area contributed by atoms with Gasteiger partial charge in [0.2, 0.25) is 5.16 Å². The number of nitriles is 1. The second-order valence-corrected chi connectivity index (χ2v) is 6.48. The normalized spacial score (nSPS) is 12.1. The number of benzene rings is 1. The molecule has 0 aliphatic rings. The predicted octanol–water partition coefficient (Wildman–Crippen LogP) is 2.70. The molecule has 1 heterocycles. The van der Waals surface area contributed by atoms with Gasteiger partial charge in [0, 0.05) is 0 Å². The van der Waals surface area contributed by atoms with E-state index in [0.717, 1.165) is 5.75 Å². The summed E-state index contributed by atoms with van der Waals surface area (Å²) in [6.07, 6.45) is 0. The topological polar surface area (TPSA) is 89.8 Å². The Morgan fingerprint density at radius 3 is 2.55 bits per heavy atom. The Balaban J connectivity index is 1.98. The van der Waals surface area contributed by atoms with Gasteiger partial charge in [0.05, 0.1) is 11.3 Å². The van der Waals surface area contributed by atoms with Crippen LogP contribution >= 0.6 is 11.8 Å². The first-order chi connectivity index (χ1) is 10.5. The molecule has 0 unspecified atom stereocenters. The minimum absolute atomic E-state index is 0.228. The van der Waals surface area contributed by atoms with Gasteiger partial charge in [0.1, 0.15) is 12.4 Å². The third-order valence-electron chi connectivity index (χ3n) is 3.11. The number of ether oxygens (including phenoxy) is 1. The van der Waals surface area contributed by atoms with Crippen molar-refractivity contribution >= 4 is 11.8 Å². The van der Waals surface area contributed by atoms with Crippen LogP contribution in [-0.2, 0) is 6.61 Å². The molecule has 2 rings (SSSR count). The van der Waals surface area contributed by atoms with E-state index in [1.54, 1.807) is 6.92 Å². The highest BCUT2D eigenvalue weighted by Gasteiger charge is 2.13. The number of aromatic nitrogens is 3. The fraction of sp³-hybridized carbons (Fsp3) is 0.400. The summed E-state index contributed by atoms with van der Waals surface area (Å²) >= 11 is 1.27. The molecule has 0 aliphatic heterocycles. The molecule has 1 aromatic carbocycles. The summed E-state index contributed by atoms with van der Waals surface area (Å²) in [5.41, 5.74) is 1.26. The van der Waals surface area contributed by atoms with Crippen LogP contribution in [0.15, 0.2) is 29.4 Å². The Morgan fingerprint density at radius 2 is 1.95 bits per heavy atom. The van der Waals surface area contributed by atoms with Crippen molar-refractivity contribution in [1.29, 1.82) is 5.26 Å². The van der Waals surface area contributed by atoms with Crippen molar-refractivity contribution in [2.75, 3.05) is 5.84 Å². The zero-order valence-corrected chi connectivity index (χ0v) is 13.7. The fourth-order valence-corrected chi connectivity index (χ4v) is 2.44. The number of nitrogens with two attached hydrogens (primary N) is 1. The monoisotopic (exact) mass is 317 g/mol. The first-order valence-electron chi connectivity index (χ1n) is 6.99. The molecule has 0 aliphatic carbocycles. The van der Waals surface area contributed by atoms with Gasteiger partial charge >= 0.3 is 0 Å². The molecule has 0 spiro atoms. The molecule has 1 aromatic heterocycles. The molecule has 0 radical (unpaired) electrons. The molecule has 2 N–H and O–H groups in total. The van der Waals surface area contributed by atoms with Crippen molar-refractivity contribution in [3.8, 4) is 11.8 Å². The number of hydrogen-bond donors (Lipinski definition) is 1. The second kappa shape index (κ2) is 7.18. The quantitative estimate of drug-likeness (QED) is 0.651. The number of rotatable bonds is 6. The number of nitrogen functional groups attached to an aromatic ring is 1. The predicted molar refractivity (Wildman–Crippen MR) is 86.0 cm³/mol. The van der Waals surface area contributed by atoms with Gasteiger partial charge in [0.15, 0.2) is 5.82 Å². The van der Waals surface area contributed by atoms with E-state index < -0.39 is 0 Å². The summed E-state index contributed by atoms with van der Waals surface area (Å²) in [7, 11) is 0. The van der Waals surface area contributed by atoms with Crippen LogP contribution in [0.1, 0.15) is 38.1 Å². The van der Waals surface area contributed by atoms with E-state index in [4.69, 9.17) is 15.8 Å². The van der Waals surface area contributed by atoms with Crippen molar-refractivity contribution in [2.45, 2.75) is 43.7 Å². The smallest absolute Gasteiger partial charge is 0.211 e. The van der Waals surface area contributed by atoms with Crippen molar-refractivity contribution in [2.24, 2.45) is 0 Å². The molecule has 0 amide bonds. The number of nitrogens with zero attached hydrogens (tertiary/aromatic N) is 4. The maximum Gasteiger partial charge on any atom is 0.211 e. The molecule has 0 fully saturated rings. The molecule has 1 atom stereocenters. The average Bonchev–Trinajstić information content (AvgIpc) is 2.86. The minimum atomic E-state index is -0.233. The first-order valence-corrected chi connectivity index (χ1v) is 7.87. The molecular formula is C15H19N5OS. The highest BCUT2D eigenvalue weighted by Crippen LogP contribution is 2.21. The molecule has 0 saturated carbocycles. The molecule has 2 aromatic rings. The van der Waals surface area contributed by atoms with Crippen molar-refractivity contribution in [3.63, 3.8) is 0 Å². The van der Waals surface area contributed by atoms with Gasteiger partial charge in [0.25, 0.3) is 0 Å². The lowest BCUT2D eigenvalue weighted by Gasteiger charge is -2.09. The summed E-state index contributed by atoms with van der Waals surface area (Å²) in [6, 6.07) is 10.1. The molecule has 22 heavy (non-hydrogen) atoms. The van der Waals surface area contributed by atoms with E-state index >= 15 is 0 Å². The third-order valence-corrected chi connectivity index (χ3v) is 4.06. The van der Waals surface area contributed by atoms with Crippen LogP contribution in [0, 0.1) is 11.3 Å². The van der Waals surface area contributed by atoms with Gasteiger partial charge in [-0.05, 0) is 30.5 Å². The molecule has 0 bridgehead atoms. The second-order valence-electron chi connectivity index (χ2n) is 5.17. The van der Waals surface area contributed by atoms with Crippen LogP contribution in [0.3, 0.4) is 0 Å². The molecule has 0 saturated heterocycles. The zero-order chi connectivity index (χ0) is 16.1. The maximum atomic E-state index is 8.81. The van der Waals surface area contributed by atoms with E-state index in [1.807, 2.05) is 24.3 Å². The summed E-state index contributed by atoms with van der Waals surface area (Å²) in [6.45, 7) is 6.31. The van der Waals surface area contributed by atoms with Crippen molar-refractivity contribution < 1.29 is 4.74 Å². The molecular weight excluding hydrogens is 298 g/mol. The summed E-state index contributed by atoms with van der Waals surface area (Å²) in [5, 5.41) is 17.1. The standard InChI is InChI=1S/C15H19N5OS/c1-10(2)12-4-6-13(7-5-12)21-9-14-18-19-15(20(14)17)22-11(3)8-16/h4-7,10-11H,9,17H2,1-3H3/t11-/m0/s1. The fourth-order valence-electron chi connectivity index (χ4n) is 1.77. The van der Waals surface area contributed by atoms with Gasteiger partial charge in [-0.25, -0.2) is 4.68 Å². The Hall–Kier alpha value is -2.20. The minimum Gasteiger partial charge on any atom is -0.486 e. The Labute approximate surface area is 134 Å². The summed E-state index contributed by atoms with van der Waals surface area (Å²) in [5.74, 6) is 7.68. The van der Waals surface area contributed by atoms with Crippen LogP contribution in [0.25, 0.3) is 0 Å². The van der Waals surface area contributed by atoms with Crippen LogP contribution in [-0.4, -0.2) is 20.1 Å². The van der Waals surface area contributed by atoms with Crippen LogP contribution in [0.4, 0.5) is 0 Å². The van der Waals surface area contributed by atoms with Crippen LogP contribution in [0.5, 0.6) is 5.75 Å². The van der Waals surface area contributed by atoms with Crippen molar-refractivity contribution in [3.05, 3.63) is 35.7 Å². The van der Waals surface area contributed by atoms with Gasteiger partial charge in [-0.2, -0.15) is 5.26 Å². The van der Waals surface area contributed by atoms with E-state index in [9.17, 15) is 0 Å². The highest BCUT2D eigenvalue weighted by molar-refractivity contribution is 8.00. The Kier molecular flexibility index (Phi) is 5.28. The van der Waals surface area contributed by atoms with Gasteiger partial charge in [-0.3, -0.25) is 0 Å². The van der Waals surface area contributed by atoms with Gasteiger partial charge in [-0.15, -0.1) is 10.2 Å². The van der Waals surface area contributed by atoms with Gasteiger partial charge < -0.3 is 10.6 Å². The van der Waals surface area contributed by atoms with Crippen molar-refractivity contribution in [1.82, 2.24) is 14.9 Å². The summed E-state index contributed by atoms with van der Waals surface area (Å²) < 4.78 is 7.04. The largest absolute Gasteiger partial charge is 0.486 e.